The molecule has 0 saturated carbocycles. The first-order valence-electron chi connectivity index (χ1n) is 9.27. The molecule has 7 heteroatoms. The van der Waals surface area contributed by atoms with Crippen LogP contribution in [0.3, 0.4) is 0 Å². The van der Waals surface area contributed by atoms with Gasteiger partial charge in [0.05, 0.1) is 16.6 Å². The van der Waals surface area contributed by atoms with Gasteiger partial charge in [0, 0.05) is 19.2 Å². The lowest BCUT2D eigenvalue weighted by atomic mass is 9.92. The highest BCUT2D eigenvalue weighted by Gasteiger charge is 2.18. The first-order chi connectivity index (χ1) is 13.0. The SMILES string of the molecule is CC(NC(=O)CCNS(=O)(=O)c1ccc2c(c1)CCCC2)c1ccccn1. The summed E-state index contributed by atoms with van der Waals surface area (Å²) in [5, 5.41) is 2.83. The maximum atomic E-state index is 12.5. The average molecular weight is 388 g/mol. The van der Waals surface area contributed by atoms with Crippen LogP contribution in [0, 0.1) is 0 Å². The number of aryl methyl sites for hydroxylation is 2. The number of nitrogens with one attached hydrogen (secondary N) is 2. The Kier molecular flexibility index (Phi) is 6.23. The van der Waals surface area contributed by atoms with Gasteiger partial charge in [-0.2, -0.15) is 0 Å². The molecule has 2 aromatic rings. The maximum absolute atomic E-state index is 12.5. The lowest BCUT2D eigenvalue weighted by Gasteiger charge is -2.17. The van der Waals surface area contributed by atoms with Crippen molar-refractivity contribution in [1.82, 2.24) is 15.0 Å². The van der Waals surface area contributed by atoms with Crippen LogP contribution in [-0.4, -0.2) is 25.9 Å². The summed E-state index contributed by atoms with van der Waals surface area (Å²) < 4.78 is 27.5. The van der Waals surface area contributed by atoms with E-state index in [-0.39, 0.29) is 29.8 Å². The molecule has 144 valence electrons. The van der Waals surface area contributed by atoms with Crippen molar-refractivity contribution >= 4 is 15.9 Å². The summed E-state index contributed by atoms with van der Waals surface area (Å²) in [6.07, 6.45) is 5.93. The number of hydrogen-bond acceptors (Lipinski definition) is 4. The molecule has 1 amide bonds. The Labute approximate surface area is 160 Å². The predicted octanol–water partition coefficient (Wildman–Crippen LogP) is 2.51. The molecular formula is C20H25N3O3S. The molecule has 1 heterocycles. The van der Waals surface area contributed by atoms with Crippen LogP contribution >= 0.6 is 0 Å². The van der Waals surface area contributed by atoms with Gasteiger partial charge in [0.2, 0.25) is 15.9 Å². The van der Waals surface area contributed by atoms with Crippen LogP contribution in [0.1, 0.15) is 49.0 Å². The van der Waals surface area contributed by atoms with Gasteiger partial charge in [-0.1, -0.05) is 12.1 Å². The van der Waals surface area contributed by atoms with Gasteiger partial charge in [0.25, 0.3) is 0 Å². The number of rotatable bonds is 7. The maximum Gasteiger partial charge on any atom is 0.240 e. The van der Waals surface area contributed by atoms with Crippen molar-refractivity contribution < 1.29 is 13.2 Å². The Balaban J connectivity index is 1.52. The highest BCUT2D eigenvalue weighted by Crippen LogP contribution is 2.24. The number of hydrogen-bond donors (Lipinski definition) is 2. The Morgan fingerprint density at radius 3 is 2.67 bits per heavy atom. The highest BCUT2D eigenvalue weighted by molar-refractivity contribution is 7.89. The third-order valence-electron chi connectivity index (χ3n) is 4.78. The van der Waals surface area contributed by atoms with Gasteiger partial charge in [-0.3, -0.25) is 9.78 Å². The molecule has 1 aliphatic carbocycles. The van der Waals surface area contributed by atoms with E-state index in [4.69, 9.17) is 0 Å². The quantitative estimate of drug-likeness (QED) is 0.764. The lowest BCUT2D eigenvalue weighted by molar-refractivity contribution is -0.121. The van der Waals surface area contributed by atoms with Gasteiger partial charge < -0.3 is 5.32 Å². The number of sulfonamides is 1. The van der Waals surface area contributed by atoms with Crippen LogP contribution in [-0.2, 0) is 27.7 Å². The first kappa shape index (κ1) is 19.5. The molecule has 0 radical (unpaired) electrons. The van der Waals surface area contributed by atoms with Gasteiger partial charge in [-0.15, -0.1) is 0 Å². The monoisotopic (exact) mass is 387 g/mol. The molecule has 1 aromatic carbocycles. The zero-order valence-electron chi connectivity index (χ0n) is 15.4. The number of benzene rings is 1. The largest absolute Gasteiger partial charge is 0.348 e. The third kappa shape index (κ3) is 5.14. The topological polar surface area (TPSA) is 88.2 Å². The average Bonchev–Trinajstić information content (AvgIpc) is 2.68. The van der Waals surface area contributed by atoms with Crippen molar-refractivity contribution in [3.63, 3.8) is 0 Å². The van der Waals surface area contributed by atoms with Gasteiger partial charge in [0.1, 0.15) is 0 Å². The molecule has 0 fully saturated rings. The second kappa shape index (κ2) is 8.63. The number of amides is 1. The zero-order chi connectivity index (χ0) is 19.3. The summed E-state index contributed by atoms with van der Waals surface area (Å²) in [7, 11) is -3.61. The van der Waals surface area contributed by atoms with Crippen molar-refractivity contribution in [2.75, 3.05) is 6.54 Å². The van der Waals surface area contributed by atoms with Crippen LogP contribution < -0.4 is 10.0 Å². The molecule has 3 rings (SSSR count). The summed E-state index contributed by atoms with van der Waals surface area (Å²) in [5.41, 5.74) is 3.12. The molecule has 0 spiro atoms. The van der Waals surface area contributed by atoms with Crippen molar-refractivity contribution in [1.29, 1.82) is 0 Å². The fourth-order valence-corrected chi connectivity index (χ4v) is 4.36. The number of pyridine rings is 1. The molecule has 0 aliphatic heterocycles. The lowest BCUT2D eigenvalue weighted by Crippen LogP contribution is -2.32. The van der Waals surface area contributed by atoms with Crippen molar-refractivity contribution in [3.8, 4) is 0 Å². The minimum Gasteiger partial charge on any atom is -0.348 e. The molecule has 6 nitrogen and oxygen atoms in total. The molecule has 27 heavy (non-hydrogen) atoms. The van der Waals surface area contributed by atoms with E-state index in [1.807, 2.05) is 31.2 Å². The fraction of sp³-hybridized carbons (Fsp3) is 0.400. The minimum atomic E-state index is -3.61. The van der Waals surface area contributed by atoms with Crippen LogP contribution in [0.5, 0.6) is 0 Å². The number of fused-ring (bicyclic) bond motifs is 1. The van der Waals surface area contributed by atoms with Crippen molar-refractivity contribution in [3.05, 3.63) is 59.4 Å². The highest BCUT2D eigenvalue weighted by atomic mass is 32.2. The van der Waals surface area contributed by atoms with Crippen LogP contribution in [0.2, 0.25) is 0 Å². The van der Waals surface area contributed by atoms with E-state index in [0.29, 0.717) is 0 Å². The van der Waals surface area contributed by atoms with E-state index in [1.165, 1.54) is 5.56 Å². The molecule has 2 N–H and O–H groups in total. The standard InChI is InChI=1S/C20H25N3O3S/c1-15(19-8-4-5-12-21-19)23-20(24)11-13-22-27(25,26)18-10-9-16-6-2-3-7-17(16)14-18/h4-5,8-10,12,14-15,22H,2-3,6-7,11,13H2,1H3,(H,23,24). The Morgan fingerprint density at radius 2 is 1.93 bits per heavy atom. The summed E-state index contributed by atoms with van der Waals surface area (Å²) in [6, 6.07) is 10.6. The van der Waals surface area contributed by atoms with Crippen LogP contribution in [0.4, 0.5) is 0 Å². The summed E-state index contributed by atoms with van der Waals surface area (Å²) in [4.78, 5) is 16.5. The normalized spacial score (nSPS) is 15.0. The number of carbonyl (C=O) groups excluding carboxylic acids is 1. The summed E-state index contributed by atoms with van der Waals surface area (Å²) in [6.45, 7) is 1.90. The van der Waals surface area contributed by atoms with E-state index >= 15 is 0 Å². The molecule has 1 aromatic heterocycles. The fourth-order valence-electron chi connectivity index (χ4n) is 3.28. The number of aromatic nitrogens is 1. The Bertz CT molecular complexity index is 898. The number of nitrogens with zero attached hydrogens (tertiary/aromatic N) is 1. The number of carbonyl (C=O) groups is 1. The van der Waals surface area contributed by atoms with Crippen LogP contribution in [0.25, 0.3) is 0 Å². The van der Waals surface area contributed by atoms with E-state index in [9.17, 15) is 13.2 Å². The van der Waals surface area contributed by atoms with Gasteiger partial charge >= 0.3 is 0 Å². The van der Waals surface area contributed by atoms with E-state index in [1.54, 1.807) is 18.3 Å². The van der Waals surface area contributed by atoms with Gasteiger partial charge in [-0.25, -0.2) is 13.1 Å². The van der Waals surface area contributed by atoms with Gasteiger partial charge in [0.15, 0.2) is 0 Å². The summed E-state index contributed by atoms with van der Waals surface area (Å²) in [5.74, 6) is -0.221. The Hall–Kier alpha value is -2.25. The van der Waals surface area contributed by atoms with Crippen molar-refractivity contribution in [2.24, 2.45) is 0 Å². The van der Waals surface area contributed by atoms with Gasteiger partial charge in [-0.05, 0) is 68.0 Å². The molecular weight excluding hydrogens is 362 g/mol. The molecule has 1 unspecified atom stereocenters. The Morgan fingerprint density at radius 1 is 1.15 bits per heavy atom. The predicted molar refractivity (Wildman–Crippen MR) is 104 cm³/mol. The molecule has 1 atom stereocenters. The third-order valence-corrected chi connectivity index (χ3v) is 6.24. The smallest absolute Gasteiger partial charge is 0.240 e. The van der Waals surface area contributed by atoms with Crippen molar-refractivity contribution in [2.45, 2.75) is 50.0 Å². The molecule has 1 aliphatic rings. The second-order valence-electron chi connectivity index (χ2n) is 6.83. The second-order valence-corrected chi connectivity index (χ2v) is 8.60. The van der Waals surface area contributed by atoms with Crippen LogP contribution in [0.15, 0.2) is 47.5 Å². The first-order valence-corrected chi connectivity index (χ1v) is 10.8. The van der Waals surface area contributed by atoms with E-state index < -0.39 is 10.0 Å². The minimum absolute atomic E-state index is 0.0557. The molecule has 0 saturated heterocycles. The summed E-state index contributed by atoms with van der Waals surface area (Å²) >= 11 is 0. The molecule has 0 bridgehead atoms. The zero-order valence-corrected chi connectivity index (χ0v) is 16.3. The van der Waals surface area contributed by atoms with E-state index in [2.05, 4.69) is 15.0 Å². The van der Waals surface area contributed by atoms with E-state index in [0.717, 1.165) is 36.9 Å².